The summed E-state index contributed by atoms with van der Waals surface area (Å²) in [5.41, 5.74) is -7.21. The number of ketones is 1. The number of fused-ring (bicyclic) bond motifs is 5. The molecule has 1 amide bonds. The number of nitrogens with one attached hydrogen (secondary N) is 1. The first-order chi connectivity index (χ1) is 29.3. The van der Waals surface area contributed by atoms with Crippen molar-refractivity contribution in [1.82, 2.24) is 5.32 Å². The summed E-state index contributed by atoms with van der Waals surface area (Å²) in [6.45, 7) is 6.53. The van der Waals surface area contributed by atoms with Gasteiger partial charge in [-0.3, -0.25) is 19.2 Å². The number of ether oxygens (including phenoxy) is 7. The Morgan fingerprint density at radius 2 is 1.66 bits per heavy atom. The number of aliphatic hydroxyl groups excluding tert-OH is 1. The number of hydrogen-bond donors (Lipinski definition) is 3. The number of carbonyl (C=O) groups is 6. The minimum absolute atomic E-state index is 0.00562. The molecular weight excluding hydrogens is 825 g/mol. The smallest absolute Gasteiger partial charge is 0.338 e. The third-order valence-electron chi connectivity index (χ3n) is 13.1. The highest BCUT2D eigenvalue weighted by atomic mass is 32.2. The molecule has 2 aromatic carbocycles. The predicted octanol–water partition coefficient (Wildman–Crippen LogP) is 3.36. The molecule has 3 aliphatic carbocycles. The number of methoxy groups -OCH3 is 1. The molecule has 2 saturated carbocycles. The highest BCUT2D eigenvalue weighted by molar-refractivity contribution is 7.98. The van der Waals surface area contributed by atoms with Crippen LogP contribution >= 0.6 is 11.8 Å². The van der Waals surface area contributed by atoms with Gasteiger partial charge in [0.1, 0.15) is 29.8 Å². The number of amides is 1. The van der Waals surface area contributed by atoms with Gasteiger partial charge >= 0.3 is 23.9 Å². The maximum Gasteiger partial charge on any atom is 0.338 e. The summed E-state index contributed by atoms with van der Waals surface area (Å²) in [5, 5.41) is 27.7. The maximum absolute atomic E-state index is 16.0. The Morgan fingerprint density at radius 3 is 2.23 bits per heavy atom. The number of aliphatic hydroxyl groups is 2. The Morgan fingerprint density at radius 1 is 1.02 bits per heavy atom. The highest BCUT2D eigenvalue weighted by Crippen LogP contribution is 2.65. The first-order valence-corrected chi connectivity index (χ1v) is 21.5. The van der Waals surface area contributed by atoms with Crippen LogP contribution in [-0.4, -0.2) is 128 Å². The number of carbonyl (C=O) groups excluding carboxylic acids is 6. The van der Waals surface area contributed by atoms with Crippen molar-refractivity contribution in [2.45, 2.75) is 95.2 Å². The second-order valence-corrected chi connectivity index (χ2v) is 17.7. The number of benzene rings is 2. The summed E-state index contributed by atoms with van der Waals surface area (Å²) < 4.78 is 41.8. The average molecular weight is 878 g/mol. The third-order valence-corrected chi connectivity index (χ3v) is 13.5. The zero-order valence-corrected chi connectivity index (χ0v) is 36.4. The van der Waals surface area contributed by atoms with Gasteiger partial charge < -0.3 is 48.7 Å². The van der Waals surface area contributed by atoms with Crippen molar-refractivity contribution in [1.29, 1.82) is 0 Å². The molecule has 2 radical (unpaired) electrons. The molecule has 0 spiro atoms. The first kappa shape index (κ1) is 46.9. The number of esters is 4. The molecule has 18 heteroatoms. The van der Waals surface area contributed by atoms with Crippen LogP contribution in [0.1, 0.15) is 69.4 Å². The van der Waals surface area contributed by atoms with Crippen LogP contribution in [0.4, 0.5) is 4.79 Å². The van der Waals surface area contributed by atoms with Gasteiger partial charge in [-0.2, -0.15) is 0 Å². The molecule has 62 heavy (non-hydrogen) atoms. The van der Waals surface area contributed by atoms with Crippen molar-refractivity contribution in [2.24, 2.45) is 22.7 Å². The largest absolute Gasteiger partial charge is 0.456 e. The lowest BCUT2D eigenvalue weighted by Crippen LogP contribution is -2.81. The van der Waals surface area contributed by atoms with Crippen molar-refractivity contribution in [2.75, 3.05) is 32.7 Å². The quantitative estimate of drug-likeness (QED) is 0.0619. The summed E-state index contributed by atoms with van der Waals surface area (Å²) in [6.07, 6.45) is -6.12. The molecule has 11 atom stereocenters. The molecule has 1 aliphatic heterocycles. The Labute approximate surface area is 365 Å². The van der Waals surface area contributed by atoms with Gasteiger partial charge in [-0.15, -0.1) is 11.8 Å². The van der Waals surface area contributed by atoms with Crippen LogP contribution in [0.3, 0.4) is 0 Å². The molecule has 6 rings (SSSR count). The monoisotopic (exact) mass is 877 g/mol. The van der Waals surface area contributed by atoms with E-state index < -0.39 is 119 Å². The van der Waals surface area contributed by atoms with Crippen LogP contribution in [-0.2, 0) is 52.3 Å². The summed E-state index contributed by atoms with van der Waals surface area (Å²) >= 11 is 1.32. The van der Waals surface area contributed by atoms with E-state index in [0.29, 0.717) is 5.56 Å². The van der Waals surface area contributed by atoms with Crippen molar-refractivity contribution in [3.63, 3.8) is 0 Å². The van der Waals surface area contributed by atoms with Crippen LogP contribution in [0.25, 0.3) is 0 Å². The number of hydrogen-bond acceptors (Lipinski definition) is 16. The molecule has 1 heterocycles. The second kappa shape index (κ2) is 18.3. The van der Waals surface area contributed by atoms with E-state index in [2.05, 4.69) is 5.32 Å². The van der Waals surface area contributed by atoms with Gasteiger partial charge in [0.05, 0.1) is 41.6 Å². The fraction of sp³-hybridized carbons (Fsp3) is 0.545. The van der Waals surface area contributed by atoms with Gasteiger partial charge in [-0.1, -0.05) is 62.4 Å². The van der Waals surface area contributed by atoms with Crippen LogP contribution in [0.15, 0.2) is 71.8 Å². The fourth-order valence-electron chi connectivity index (χ4n) is 10.1. The van der Waals surface area contributed by atoms with E-state index in [0.717, 1.165) is 0 Å². The SMILES string of the molecule is [B]C(=O)NC(c1ccccc1)[C@@H](O)C(=O)O[C@H]1C[C@@]2(O)[C@@H](OC(=O)c3ccccc3)[C@@H]3[C@]4(OC(C)=O)CO[C@@H]4C[C@H](OCSC)[C@@]3(C)C(=O)[C@H](C(=O)OCOC)C(=C1C)C2(C)C. The van der Waals surface area contributed by atoms with Gasteiger partial charge in [0.15, 0.2) is 30.1 Å². The summed E-state index contributed by atoms with van der Waals surface area (Å²) in [7, 11) is 6.73. The van der Waals surface area contributed by atoms with Crippen LogP contribution in [0, 0.1) is 22.7 Å². The van der Waals surface area contributed by atoms with E-state index in [1.54, 1.807) is 75.6 Å². The molecule has 4 aliphatic rings. The molecule has 16 nitrogen and oxygen atoms in total. The summed E-state index contributed by atoms with van der Waals surface area (Å²) in [6, 6.07) is 14.6. The Kier molecular flexibility index (Phi) is 13.8. The van der Waals surface area contributed by atoms with Crippen molar-refractivity contribution in [3.8, 4) is 0 Å². The van der Waals surface area contributed by atoms with Gasteiger partial charge in [0.2, 0.25) is 7.85 Å². The maximum atomic E-state index is 16.0. The predicted molar refractivity (Wildman–Crippen MR) is 221 cm³/mol. The van der Waals surface area contributed by atoms with E-state index >= 15 is 4.79 Å². The molecule has 1 saturated heterocycles. The average Bonchev–Trinajstić information content (AvgIpc) is 3.23. The Balaban J connectivity index is 1.62. The lowest BCUT2D eigenvalue weighted by Gasteiger charge is -2.68. The molecule has 3 fully saturated rings. The van der Waals surface area contributed by atoms with E-state index in [-0.39, 0.29) is 35.7 Å². The zero-order chi connectivity index (χ0) is 45.4. The highest BCUT2D eigenvalue weighted by Gasteiger charge is 2.79. The molecule has 2 aromatic rings. The Bertz CT molecular complexity index is 2090. The van der Waals surface area contributed by atoms with E-state index in [9.17, 15) is 34.2 Å². The zero-order valence-electron chi connectivity index (χ0n) is 35.6. The molecule has 2 bridgehead atoms. The molecule has 1 unspecified atom stereocenters. The molecule has 332 valence electrons. The lowest BCUT2D eigenvalue weighted by atomic mass is 9.43. The fourth-order valence-corrected chi connectivity index (χ4v) is 10.4. The first-order valence-electron chi connectivity index (χ1n) is 20.1. The van der Waals surface area contributed by atoms with Gasteiger partial charge in [-0.05, 0) is 48.9 Å². The minimum Gasteiger partial charge on any atom is -0.456 e. The lowest BCUT2D eigenvalue weighted by molar-refractivity contribution is -0.347. The summed E-state index contributed by atoms with van der Waals surface area (Å²) in [5.74, 6) is -9.07. The van der Waals surface area contributed by atoms with Gasteiger partial charge in [0.25, 0.3) is 0 Å². The number of rotatable bonds is 14. The van der Waals surface area contributed by atoms with Crippen molar-refractivity contribution in [3.05, 3.63) is 82.9 Å². The van der Waals surface area contributed by atoms with Gasteiger partial charge in [0, 0.05) is 32.3 Å². The van der Waals surface area contributed by atoms with Crippen LogP contribution in [0.2, 0.25) is 0 Å². The van der Waals surface area contributed by atoms with Gasteiger partial charge in [-0.25, -0.2) is 9.59 Å². The minimum atomic E-state index is -2.40. The Hall–Kier alpha value is -4.59. The van der Waals surface area contributed by atoms with E-state index in [1.807, 2.05) is 0 Å². The van der Waals surface area contributed by atoms with E-state index in [4.69, 9.17) is 41.0 Å². The molecule has 3 N–H and O–H groups in total. The van der Waals surface area contributed by atoms with Crippen LogP contribution < -0.4 is 5.32 Å². The summed E-state index contributed by atoms with van der Waals surface area (Å²) in [4.78, 5) is 84.4. The third kappa shape index (κ3) is 8.09. The van der Waals surface area contributed by atoms with E-state index in [1.165, 1.54) is 44.9 Å². The second-order valence-electron chi connectivity index (χ2n) is 16.9. The van der Waals surface area contributed by atoms with Crippen molar-refractivity contribution < 1.29 is 72.1 Å². The number of Topliss-reactive ketones (excluding diaryl/α,β-unsaturated/α-hetero) is 1. The van der Waals surface area contributed by atoms with Crippen molar-refractivity contribution >= 4 is 55.1 Å². The molecule has 0 aromatic heterocycles. The van der Waals surface area contributed by atoms with Crippen LogP contribution in [0.5, 0.6) is 0 Å². The molecular formula is C44H52BNO15S. The standard InChI is InChI=1S/C44H52BNO15S/c1-23-27(59-39(52)33(48)32(46-40(45)53)25-14-10-8-11-15-25)19-44(54)36(60-37(50)26-16-12-9-13-17-26)34-42(5,35(49)30(31(23)41(44,3)4)38(51)57-21-55-6)28(58-22-62-7)18-29-43(34,20-56-29)61-24(2)47/h8-17,27-30,32-34,36,48,54H,18-22H2,1-7H3,(H,46,53)/t27-,28-,29+,30+,32?,33+,34-,36-,42+,43-,44+/m0/s1. The normalized spacial score (nSPS) is 31.9. The number of thioether (sulfide) groups is 1. The topological polar surface area (TPSA) is 220 Å².